The summed E-state index contributed by atoms with van der Waals surface area (Å²) < 4.78 is 0. The van der Waals surface area contributed by atoms with Gasteiger partial charge in [0.25, 0.3) is 0 Å². The zero-order valence-corrected chi connectivity index (χ0v) is 11.4. The minimum Gasteiger partial charge on any atom is -0.550 e. The topological polar surface area (TPSA) is 69.2 Å². The average Bonchev–Trinajstić information content (AvgIpc) is 2.59. The van der Waals surface area contributed by atoms with Gasteiger partial charge < -0.3 is 15.2 Å². The molecule has 3 atom stereocenters. The molecule has 1 N–H and O–H groups in total. The molecule has 2 aliphatic rings. The highest BCUT2D eigenvalue weighted by Gasteiger charge is 2.61. The van der Waals surface area contributed by atoms with E-state index in [2.05, 4.69) is 26.1 Å². The van der Waals surface area contributed by atoms with Crippen molar-refractivity contribution in [2.45, 2.75) is 58.9 Å². The van der Waals surface area contributed by atoms with Crippen LogP contribution in [0.25, 0.3) is 0 Å². The smallest absolute Gasteiger partial charge is 0.220 e. The Labute approximate surface area is 108 Å². The molecular formula is C14H22NO3-. The number of hydrogen-bond donors (Lipinski definition) is 1. The molecule has 4 nitrogen and oxygen atoms in total. The first-order valence-corrected chi connectivity index (χ1v) is 6.76. The molecule has 2 rings (SSSR count). The molecule has 0 spiro atoms. The molecule has 0 heterocycles. The van der Waals surface area contributed by atoms with Crippen LogP contribution in [0.1, 0.15) is 52.9 Å². The van der Waals surface area contributed by atoms with Gasteiger partial charge in [-0.1, -0.05) is 20.8 Å². The summed E-state index contributed by atoms with van der Waals surface area (Å²) in [5.41, 5.74) is 0.411. The van der Waals surface area contributed by atoms with Gasteiger partial charge in [0.2, 0.25) is 5.91 Å². The quantitative estimate of drug-likeness (QED) is 0.806. The third-order valence-electron chi connectivity index (χ3n) is 5.69. The van der Waals surface area contributed by atoms with E-state index >= 15 is 0 Å². The predicted molar refractivity (Wildman–Crippen MR) is 65.4 cm³/mol. The summed E-state index contributed by atoms with van der Waals surface area (Å²) in [7, 11) is 0. The highest BCUT2D eigenvalue weighted by Crippen LogP contribution is 2.65. The van der Waals surface area contributed by atoms with Gasteiger partial charge in [0.05, 0.1) is 0 Å². The molecule has 2 saturated carbocycles. The second-order valence-corrected chi connectivity index (χ2v) is 6.60. The van der Waals surface area contributed by atoms with E-state index in [9.17, 15) is 14.7 Å². The fourth-order valence-corrected chi connectivity index (χ4v) is 3.90. The summed E-state index contributed by atoms with van der Waals surface area (Å²) in [6.45, 7) is 6.83. The summed E-state index contributed by atoms with van der Waals surface area (Å²) in [6.07, 6.45) is 3.26. The minimum atomic E-state index is -1.16. The van der Waals surface area contributed by atoms with Crippen molar-refractivity contribution in [2.75, 3.05) is 0 Å². The Morgan fingerprint density at radius 1 is 1.28 bits per heavy atom. The number of rotatable bonds is 4. The van der Waals surface area contributed by atoms with Crippen LogP contribution in [0.15, 0.2) is 0 Å². The first-order valence-electron chi connectivity index (χ1n) is 6.76. The largest absolute Gasteiger partial charge is 0.550 e. The summed E-state index contributed by atoms with van der Waals surface area (Å²) in [5.74, 6) is -0.646. The molecular weight excluding hydrogens is 230 g/mol. The first kappa shape index (κ1) is 13.4. The standard InChI is InChI=1S/C14H23NO3/c1-13(2)9-6-7-14(13,3)10(8-9)15-11(16)4-5-12(17)18/h9-10H,4-8H2,1-3H3,(H,15,16)(H,17,18)/p-1/t9-,10-,14+/m0/s1. The SMILES string of the molecule is CC1(C)[C@H]2CC[C@]1(C)[C@@H](NC(=O)CCC(=O)[O-])C2. The first-order chi connectivity index (χ1) is 8.27. The molecule has 1 amide bonds. The Bertz CT molecular complexity index is 377. The number of fused-ring (bicyclic) bond motifs is 2. The Balaban J connectivity index is 1.96. The second-order valence-electron chi connectivity index (χ2n) is 6.60. The van der Waals surface area contributed by atoms with Gasteiger partial charge in [-0.15, -0.1) is 0 Å². The van der Waals surface area contributed by atoms with Crippen molar-refractivity contribution in [3.05, 3.63) is 0 Å². The molecule has 0 aromatic rings. The predicted octanol–water partition coefficient (Wildman–Crippen LogP) is 0.847. The molecule has 0 unspecified atom stereocenters. The second kappa shape index (κ2) is 4.25. The van der Waals surface area contributed by atoms with Gasteiger partial charge in [0.15, 0.2) is 0 Å². The third-order valence-corrected chi connectivity index (χ3v) is 5.69. The highest BCUT2D eigenvalue weighted by atomic mass is 16.4. The highest BCUT2D eigenvalue weighted by molar-refractivity contribution is 5.80. The van der Waals surface area contributed by atoms with Crippen molar-refractivity contribution in [1.29, 1.82) is 0 Å². The van der Waals surface area contributed by atoms with Crippen LogP contribution in [0.3, 0.4) is 0 Å². The summed E-state index contributed by atoms with van der Waals surface area (Å²) in [4.78, 5) is 22.1. The van der Waals surface area contributed by atoms with Crippen molar-refractivity contribution < 1.29 is 14.7 Å². The molecule has 2 bridgehead atoms. The summed E-state index contributed by atoms with van der Waals surface area (Å²) in [6, 6.07) is 0.195. The molecule has 0 saturated heterocycles. The number of carboxylic acid groups (broad SMARTS) is 1. The number of carbonyl (C=O) groups excluding carboxylic acids is 2. The van der Waals surface area contributed by atoms with Crippen molar-refractivity contribution in [3.63, 3.8) is 0 Å². The number of aliphatic carboxylic acids is 1. The number of nitrogens with one attached hydrogen (secondary N) is 1. The van der Waals surface area contributed by atoms with Crippen molar-refractivity contribution in [2.24, 2.45) is 16.7 Å². The van der Waals surface area contributed by atoms with E-state index in [0.29, 0.717) is 5.92 Å². The van der Waals surface area contributed by atoms with Crippen LogP contribution in [-0.2, 0) is 9.59 Å². The van der Waals surface area contributed by atoms with Gasteiger partial charge in [-0.3, -0.25) is 4.79 Å². The monoisotopic (exact) mass is 252 g/mol. The Morgan fingerprint density at radius 3 is 2.39 bits per heavy atom. The summed E-state index contributed by atoms with van der Waals surface area (Å²) in [5, 5.41) is 13.4. The van der Waals surface area contributed by atoms with Crippen LogP contribution in [0.4, 0.5) is 0 Å². The maximum atomic E-state index is 11.7. The molecule has 18 heavy (non-hydrogen) atoms. The number of hydrogen-bond acceptors (Lipinski definition) is 3. The lowest BCUT2D eigenvalue weighted by atomic mass is 9.69. The lowest BCUT2D eigenvalue weighted by Crippen LogP contribution is -2.47. The van der Waals surface area contributed by atoms with Crippen LogP contribution in [0.5, 0.6) is 0 Å². The van der Waals surface area contributed by atoms with Crippen LogP contribution < -0.4 is 10.4 Å². The van der Waals surface area contributed by atoms with E-state index in [1.54, 1.807) is 0 Å². The molecule has 0 radical (unpaired) electrons. The van der Waals surface area contributed by atoms with E-state index < -0.39 is 5.97 Å². The van der Waals surface area contributed by atoms with Gasteiger partial charge in [0.1, 0.15) is 0 Å². The normalized spacial score (nSPS) is 36.6. The minimum absolute atomic E-state index is 0.0278. The van der Waals surface area contributed by atoms with E-state index in [1.807, 2.05) is 0 Å². The van der Waals surface area contributed by atoms with Gasteiger partial charge >= 0.3 is 0 Å². The fraction of sp³-hybridized carbons (Fsp3) is 0.857. The van der Waals surface area contributed by atoms with Crippen molar-refractivity contribution in [1.82, 2.24) is 5.32 Å². The van der Waals surface area contributed by atoms with E-state index in [0.717, 1.165) is 12.8 Å². The van der Waals surface area contributed by atoms with E-state index in [1.165, 1.54) is 6.42 Å². The number of carboxylic acids is 1. The zero-order chi connectivity index (χ0) is 13.6. The third kappa shape index (κ3) is 1.91. The zero-order valence-electron chi connectivity index (χ0n) is 11.4. The van der Waals surface area contributed by atoms with Gasteiger partial charge in [-0.05, 0) is 42.4 Å². The van der Waals surface area contributed by atoms with Crippen LogP contribution in [-0.4, -0.2) is 17.9 Å². The molecule has 0 aromatic heterocycles. The fourth-order valence-electron chi connectivity index (χ4n) is 3.90. The van der Waals surface area contributed by atoms with Gasteiger partial charge in [0, 0.05) is 18.4 Å². The van der Waals surface area contributed by atoms with Crippen LogP contribution >= 0.6 is 0 Å². The Hall–Kier alpha value is -1.06. The Kier molecular flexibility index (Phi) is 3.16. The van der Waals surface area contributed by atoms with E-state index in [4.69, 9.17) is 0 Å². The summed E-state index contributed by atoms with van der Waals surface area (Å²) >= 11 is 0. The van der Waals surface area contributed by atoms with Crippen molar-refractivity contribution >= 4 is 11.9 Å². The Morgan fingerprint density at radius 2 is 1.94 bits per heavy atom. The number of carbonyl (C=O) groups is 2. The molecule has 0 aliphatic heterocycles. The molecule has 4 heteroatoms. The van der Waals surface area contributed by atoms with E-state index in [-0.39, 0.29) is 35.6 Å². The molecule has 0 aromatic carbocycles. The van der Waals surface area contributed by atoms with Gasteiger partial charge in [-0.2, -0.15) is 0 Å². The molecule has 2 fully saturated rings. The van der Waals surface area contributed by atoms with Crippen LogP contribution in [0.2, 0.25) is 0 Å². The lowest BCUT2D eigenvalue weighted by Gasteiger charge is -2.39. The molecule has 102 valence electrons. The van der Waals surface area contributed by atoms with Gasteiger partial charge in [-0.25, -0.2) is 0 Å². The maximum absolute atomic E-state index is 11.7. The maximum Gasteiger partial charge on any atom is 0.220 e. The average molecular weight is 252 g/mol. The lowest BCUT2D eigenvalue weighted by molar-refractivity contribution is -0.305. The van der Waals surface area contributed by atoms with Crippen molar-refractivity contribution in [3.8, 4) is 0 Å². The number of amides is 1. The van der Waals surface area contributed by atoms with Crippen LogP contribution in [0, 0.1) is 16.7 Å². The molecule has 2 aliphatic carbocycles.